The van der Waals surface area contributed by atoms with Crippen LogP contribution in [0.15, 0.2) is 24.3 Å². The number of benzene rings is 1. The molecule has 3 rings (SSSR count). The highest BCUT2D eigenvalue weighted by Crippen LogP contribution is 2.44. The number of likely N-dealkylation sites (tertiary alicyclic amines) is 1. The molecule has 0 aliphatic carbocycles. The first-order chi connectivity index (χ1) is 10.1. The van der Waals surface area contributed by atoms with Crippen molar-refractivity contribution in [3.05, 3.63) is 34.9 Å². The summed E-state index contributed by atoms with van der Waals surface area (Å²) in [4.78, 5) is 13.9. The van der Waals surface area contributed by atoms with Gasteiger partial charge in [-0.05, 0) is 30.5 Å². The van der Waals surface area contributed by atoms with E-state index in [1.54, 1.807) is 0 Å². The molecule has 1 unspecified atom stereocenters. The highest BCUT2D eigenvalue weighted by Gasteiger charge is 2.50. The first kappa shape index (κ1) is 14.8. The van der Waals surface area contributed by atoms with E-state index in [1.165, 1.54) is 5.56 Å². The van der Waals surface area contributed by atoms with Gasteiger partial charge in [-0.3, -0.25) is 9.69 Å². The smallest absolute Gasteiger partial charge is 0.308 e. The predicted octanol–water partition coefficient (Wildman–Crippen LogP) is 2.65. The van der Waals surface area contributed by atoms with E-state index in [2.05, 4.69) is 4.90 Å². The van der Waals surface area contributed by atoms with Gasteiger partial charge >= 0.3 is 5.97 Å². The molecule has 114 valence electrons. The van der Waals surface area contributed by atoms with E-state index < -0.39 is 5.97 Å². The average Bonchev–Trinajstić information content (AvgIpc) is 2.80. The molecule has 1 aromatic rings. The molecule has 0 aromatic heterocycles. The van der Waals surface area contributed by atoms with Crippen molar-refractivity contribution >= 4 is 17.6 Å². The molecule has 4 nitrogen and oxygen atoms in total. The molecule has 2 saturated heterocycles. The van der Waals surface area contributed by atoms with Gasteiger partial charge in [-0.2, -0.15) is 0 Å². The molecule has 1 spiro atoms. The number of carbonyl (C=O) groups is 1. The maximum Gasteiger partial charge on any atom is 0.308 e. The number of nitrogens with zero attached hydrogens (tertiary/aromatic N) is 1. The minimum atomic E-state index is -0.671. The Kier molecular flexibility index (Phi) is 4.20. The summed E-state index contributed by atoms with van der Waals surface area (Å²) in [5.41, 5.74) is 1.06. The minimum Gasteiger partial charge on any atom is -0.481 e. The summed E-state index contributed by atoms with van der Waals surface area (Å²) in [7, 11) is 0. The fraction of sp³-hybridized carbons (Fsp3) is 0.562. The van der Waals surface area contributed by atoms with Crippen molar-refractivity contribution in [1.82, 2.24) is 4.90 Å². The molecule has 2 heterocycles. The van der Waals surface area contributed by atoms with E-state index in [9.17, 15) is 9.90 Å². The Morgan fingerprint density at radius 1 is 1.33 bits per heavy atom. The number of carboxylic acids is 1. The Morgan fingerprint density at radius 2 is 2.00 bits per heavy atom. The molecule has 0 bridgehead atoms. The largest absolute Gasteiger partial charge is 0.481 e. The van der Waals surface area contributed by atoms with Crippen LogP contribution in [0.5, 0.6) is 0 Å². The van der Waals surface area contributed by atoms with Crippen LogP contribution in [-0.2, 0) is 16.1 Å². The van der Waals surface area contributed by atoms with Crippen LogP contribution in [0.25, 0.3) is 0 Å². The first-order valence-corrected chi connectivity index (χ1v) is 7.74. The van der Waals surface area contributed by atoms with Crippen LogP contribution in [0.4, 0.5) is 0 Å². The Labute approximate surface area is 129 Å². The third-order valence-electron chi connectivity index (χ3n) is 4.82. The van der Waals surface area contributed by atoms with Gasteiger partial charge in [0.25, 0.3) is 0 Å². The van der Waals surface area contributed by atoms with Gasteiger partial charge < -0.3 is 9.84 Å². The lowest BCUT2D eigenvalue weighted by atomic mass is 9.72. The summed E-state index contributed by atoms with van der Waals surface area (Å²) in [5, 5.41) is 10.3. The Hall–Kier alpha value is -1.10. The maximum absolute atomic E-state index is 11.6. The fourth-order valence-corrected chi connectivity index (χ4v) is 3.79. The maximum atomic E-state index is 11.6. The van der Waals surface area contributed by atoms with Crippen molar-refractivity contribution in [2.75, 3.05) is 26.3 Å². The van der Waals surface area contributed by atoms with Gasteiger partial charge in [0.15, 0.2) is 0 Å². The Balaban J connectivity index is 1.73. The SMILES string of the molecule is O=C(O)C1CN(Cc2ccc(Cl)cc2)CC12CCOCC2. The van der Waals surface area contributed by atoms with Crippen LogP contribution in [-0.4, -0.2) is 42.3 Å². The molecule has 1 atom stereocenters. The summed E-state index contributed by atoms with van der Waals surface area (Å²) in [6.07, 6.45) is 1.70. The van der Waals surface area contributed by atoms with E-state index in [4.69, 9.17) is 16.3 Å². The van der Waals surface area contributed by atoms with E-state index in [1.807, 2.05) is 24.3 Å². The van der Waals surface area contributed by atoms with Gasteiger partial charge in [0.1, 0.15) is 0 Å². The number of ether oxygens (including phenoxy) is 1. The van der Waals surface area contributed by atoms with Crippen molar-refractivity contribution in [3.8, 4) is 0 Å². The van der Waals surface area contributed by atoms with Gasteiger partial charge in [-0.25, -0.2) is 0 Å². The molecule has 0 saturated carbocycles. The Morgan fingerprint density at radius 3 is 2.62 bits per heavy atom. The van der Waals surface area contributed by atoms with Gasteiger partial charge in [0.05, 0.1) is 5.92 Å². The lowest BCUT2D eigenvalue weighted by Gasteiger charge is -2.36. The second-order valence-corrected chi connectivity index (χ2v) is 6.60. The highest BCUT2D eigenvalue weighted by atomic mass is 35.5. The number of rotatable bonds is 3. The summed E-state index contributed by atoms with van der Waals surface area (Å²) in [5.74, 6) is -0.954. The van der Waals surface area contributed by atoms with Gasteiger partial charge in [0.2, 0.25) is 0 Å². The van der Waals surface area contributed by atoms with Gasteiger partial charge in [0, 0.05) is 43.3 Å². The third-order valence-corrected chi connectivity index (χ3v) is 5.08. The summed E-state index contributed by atoms with van der Waals surface area (Å²) in [6.45, 7) is 3.61. The Bertz CT molecular complexity index is 511. The summed E-state index contributed by atoms with van der Waals surface area (Å²) < 4.78 is 5.42. The number of hydrogen-bond donors (Lipinski definition) is 1. The zero-order chi connectivity index (χ0) is 14.9. The molecule has 2 fully saturated rings. The zero-order valence-electron chi connectivity index (χ0n) is 11.9. The van der Waals surface area contributed by atoms with Crippen molar-refractivity contribution in [2.45, 2.75) is 19.4 Å². The standard InChI is InChI=1S/C16H20ClNO3/c17-13-3-1-12(2-4-13)9-18-10-14(15(19)20)16(11-18)5-7-21-8-6-16/h1-4,14H,5-11H2,(H,19,20). The molecule has 2 aliphatic rings. The minimum absolute atomic E-state index is 0.115. The lowest BCUT2D eigenvalue weighted by Crippen LogP contribution is -2.40. The van der Waals surface area contributed by atoms with E-state index in [0.717, 1.165) is 31.0 Å². The quantitative estimate of drug-likeness (QED) is 0.932. The van der Waals surface area contributed by atoms with Crippen molar-refractivity contribution in [1.29, 1.82) is 0 Å². The van der Waals surface area contributed by atoms with Gasteiger partial charge in [-0.1, -0.05) is 23.7 Å². The second-order valence-electron chi connectivity index (χ2n) is 6.16. The molecule has 1 N–H and O–H groups in total. The summed E-state index contributed by atoms with van der Waals surface area (Å²) in [6, 6.07) is 7.78. The molecule has 5 heteroatoms. The first-order valence-electron chi connectivity index (χ1n) is 7.36. The highest BCUT2D eigenvalue weighted by molar-refractivity contribution is 6.30. The molecular weight excluding hydrogens is 290 g/mol. The number of hydrogen-bond acceptors (Lipinski definition) is 3. The van der Waals surface area contributed by atoms with Crippen LogP contribution in [0.1, 0.15) is 18.4 Å². The lowest BCUT2D eigenvalue weighted by molar-refractivity contribution is -0.146. The average molecular weight is 310 g/mol. The van der Waals surface area contributed by atoms with Crippen molar-refractivity contribution in [3.63, 3.8) is 0 Å². The van der Waals surface area contributed by atoms with Crippen molar-refractivity contribution in [2.24, 2.45) is 11.3 Å². The van der Waals surface area contributed by atoms with Crippen LogP contribution in [0.2, 0.25) is 5.02 Å². The number of aliphatic carboxylic acids is 1. The molecule has 0 amide bonds. The fourth-order valence-electron chi connectivity index (χ4n) is 3.66. The number of halogens is 1. The normalized spacial score (nSPS) is 25.3. The molecule has 0 radical (unpaired) electrons. The molecule has 21 heavy (non-hydrogen) atoms. The van der Waals surface area contributed by atoms with E-state index >= 15 is 0 Å². The topological polar surface area (TPSA) is 49.8 Å². The van der Waals surface area contributed by atoms with Crippen LogP contribution < -0.4 is 0 Å². The molecular formula is C16H20ClNO3. The summed E-state index contributed by atoms with van der Waals surface area (Å²) >= 11 is 5.90. The van der Waals surface area contributed by atoms with E-state index in [-0.39, 0.29) is 11.3 Å². The van der Waals surface area contributed by atoms with E-state index in [0.29, 0.717) is 19.8 Å². The van der Waals surface area contributed by atoms with Crippen LogP contribution in [0.3, 0.4) is 0 Å². The molecule has 2 aliphatic heterocycles. The number of carboxylic acid groups (broad SMARTS) is 1. The zero-order valence-corrected chi connectivity index (χ0v) is 12.7. The van der Waals surface area contributed by atoms with Crippen LogP contribution in [0, 0.1) is 11.3 Å². The predicted molar refractivity (Wildman–Crippen MR) is 80.3 cm³/mol. The van der Waals surface area contributed by atoms with Crippen molar-refractivity contribution < 1.29 is 14.6 Å². The molecule has 1 aromatic carbocycles. The third kappa shape index (κ3) is 3.07. The second kappa shape index (κ2) is 5.95. The monoisotopic (exact) mass is 309 g/mol. The van der Waals surface area contributed by atoms with Gasteiger partial charge in [-0.15, -0.1) is 0 Å². The van der Waals surface area contributed by atoms with Crippen LogP contribution >= 0.6 is 11.6 Å².